The number of carbonyl (C=O) groups excluding carboxylic acids is 1. The maximum Gasteiger partial charge on any atom is 0.188 e. The van der Waals surface area contributed by atoms with E-state index in [4.69, 9.17) is 0 Å². The van der Waals surface area contributed by atoms with Gasteiger partial charge in [-0.05, 0) is 35.8 Å². The summed E-state index contributed by atoms with van der Waals surface area (Å²) in [6.45, 7) is 1.81. The highest BCUT2D eigenvalue weighted by Crippen LogP contribution is 2.15. The molecule has 1 rings (SSSR count). The molecule has 5 heteroatoms. The fourth-order valence-electron chi connectivity index (χ4n) is 0.747. The van der Waals surface area contributed by atoms with Crippen molar-refractivity contribution in [3.05, 3.63) is 15.0 Å². The fraction of sp³-hybridized carbons (Fsp3) is 0.286. The molecule has 3 nitrogen and oxygen atoms in total. The van der Waals surface area contributed by atoms with Gasteiger partial charge in [-0.2, -0.15) is 0 Å². The average Bonchev–Trinajstić information content (AvgIpc) is 2.03. The zero-order chi connectivity index (χ0) is 9.14. The minimum Gasteiger partial charge on any atom is -0.298 e. The number of carbonyl (C=O) groups is 1. The third kappa shape index (κ3) is 1.95. The van der Waals surface area contributed by atoms with Crippen molar-refractivity contribution in [2.45, 2.75) is 12.1 Å². The van der Waals surface area contributed by atoms with E-state index in [-0.39, 0.29) is 0 Å². The molecule has 0 aliphatic heterocycles. The first-order valence-electron chi connectivity index (χ1n) is 3.22. The first-order chi connectivity index (χ1) is 5.69. The van der Waals surface area contributed by atoms with E-state index in [1.807, 2.05) is 35.8 Å². The quantitative estimate of drug-likeness (QED) is 0.275. The SMILES string of the molecule is CSc1nc(C)c(C=O)c(I)n1. The Bertz CT molecular complexity index is 293. The van der Waals surface area contributed by atoms with Gasteiger partial charge in [0, 0.05) is 0 Å². The van der Waals surface area contributed by atoms with Crippen LogP contribution in [0.3, 0.4) is 0 Å². The van der Waals surface area contributed by atoms with Gasteiger partial charge in [0.25, 0.3) is 0 Å². The predicted octanol–water partition coefficient (Wildman–Crippen LogP) is 1.92. The van der Waals surface area contributed by atoms with Gasteiger partial charge in [-0.15, -0.1) is 0 Å². The van der Waals surface area contributed by atoms with Crippen LogP contribution in [0.5, 0.6) is 0 Å². The molecule has 1 aromatic heterocycles. The largest absolute Gasteiger partial charge is 0.298 e. The fourth-order valence-corrected chi connectivity index (χ4v) is 2.07. The van der Waals surface area contributed by atoms with E-state index >= 15 is 0 Å². The van der Waals surface area contributed by atoms with Crippen LogP contribution in [0.2, 0.25) is 0 Å². The molecule has 0 unspecified atom stereocenters. The van der Waals surface area contributed by atoms with Gasteiger partial charge in [-0.3, -0.25) is 4.79 Å². The molecule has 0 fully saturated rings. The van der Waals surface area contributed by atoms with Crippen molar-refractivity contribution < 1.29 is 4.79 Å². The molecule has 1 aromatic rings. The van der Waals surface area contributed by atoms with Gasteiger partial charge < -0.3 is 0 Å². The van der Waals surface area contributed by atoms with Gasteiger partial charge in [0.1, 0.15) is 3.70 Å². The van der Waals surface area contributed by atoms with E-state index in [0.29, 0.717) is 10.7 Å². The van der Waals surface area contributed by atoms with Crippen molar-refractivity contribution in [3.8, 4) is 0 Å². The smallest absolute Gasteiger partial charge is 0.188 e. The number of aromatic nitrogens is 2. The van der Waals surface area contributed by atoms with Crippen LogP contribution in [0, 0.1) is 10.6 Å². The zero-order valence-corrected chi connectivity index (χ0v) is 9.64. The summed E-state index contributed by atoms with van der Waals surface area (Å²) >= 11 is 3.51. The van der Waals surface area contributed by atoms with Gasteiger partial charge in [0.05, 0.1) is 11.3 Å². The van der Waals surface area contributed by atoms with Crippen LogP contribution in [-0.2, 0) is 0 Å². The number of hydrogen-bond donors (Lipinski definition) is 0. The minimum absolute atomic E-state index is 0.591. The van der Waals surface area contributed by atoms with Crippen molar-refractivity contribution in [1.29, 1.82) is 0 Å². The lowest BCUT2D eigenvalue weighted by atomic mass is 10.3. The highest BCUT2D eigenvalue weighted by atomic mass is 127. The maximum atomic E-state index is 10.6. The van der Waals surface area contributed by atoms with Crippen LogP contribution < -0.4 is 0 Å². The molecule has 0 N–H and O–H groups in total. The molecular weight excluding hydrogens is 287 g/mol. The van der Waals surface area contributed by atoms with Crippen LogP contribution in [0.4, 0.5) is 0 Å². The molecule has 0 aliphatic rings. The second-order valence-electron chi connectivity index (χ2n) is 2.12. The number of rotatable bonds is 2. The van der Waals surface area contributed by atoms with Crippen molar-refractivity contribution in [2.24, 2.45) is 0 Å². The Hall–Kier alpha value is -0.170. The zero-order valence-electron chi connectivity index (χ0n) is 6.67. The van der Waals surface area contributed by atoms with Gasteiger partial charge in [-0.1, -0.05) is 11.8 Å². The van der Waals surface area contributed by atoms with Crippen molar-refractivity contribution in [3.63, 3.8) is 0 Å². The van der Waals surface area contributed by atoms with Gasteiger partial charge >= 0.3 is 0 Å². The Morgan fingerprint density at radius 1 is 1.50 bits per heavy atom. The number of thioether (sulfide) groups is 1. The molecule has 0 aliphatic carbocycles. The molecule has 0 saturated heterocycles. The molecule has 0 atom stereocenters. The van der Waals surface area contributed by atoms with Crippen LogP contribution in [0.15, 0.2) is 5.16 Å². The minimum atomic E-state index is 0.591. The molecule has 0 amide bonds. The Labute approximate surface area is 88.5 Å². The number of aldehydes is 1. The lowest BCUT2D eigenvalue weighted by molar-refractivity contribution is 0.112. The third-order valence-electron chi connectivity index (χ3n) is 1.37. The Balaban J connectivity index is 3.27. The van der Waals surface area contributed by atoms with Crippen molar-refractivity contribution in [2.75, 3.05) is 6.26 Å². The van der Waals surface area contributed by atoms with Crippen LogP contribution in [0.25, 0.3) is 0 Å². The molecule has 0 bridgehead atoms. The topological polar surface area (TPSA) is 42.9 Å². The Morgan fingerprint density at radius 3 is 2.58 bits per heavy atom. The van der Waals surface area contributed by atoms with E-state index in [2.05, 4.69) is 9.97 Å². The van der Waals surface area contributed by atoms with E-state index in [1.54, 1.807) is 0 Å². The highest BCUT2D eigenvalue weighted by molar-refractivity contribution is 14.1. The van der Waals surface area contributed by atoms with E-state index in [1.165, 1.54) is 11.8 Å². The van der Waals surface area contributed by atoms with Gasteiger partial charge in [-0.25, -0.2) is 9.97 Å². The molecule has 0 radical (unpaired) electrons. The summed E-state index contributed by atoms with van der Waals surface area (Å²) in [5.41, 5.74) is 1.34. The summed E-state index contributed by atoms with van der Waals surface area (Å²) in [6.07, 6.45) is 2.70. The predicted molar refractivity (Wildman–Crippen MR) is 56.7 cm³/mol. The standard InChI is InChI=1S/C7H7IN2OS/c1-4-5(3-11)6(8)10-7(9-4)12-2/h3H,1-2H3. The number of hydrogen-bond acceptors (Lipinski definition) is 4. The van der Waals surface area contributed by atoms with Crippen molar-refractivity contribution in [1.82, 2.24) is 9.97 Å². The van der Waals surface area contributed by atoms with E-state index < -0.39 is 0 Å². The number of nitrogens with zero attached hydrogens (tertiary/aromatic N) is 2. The van der Waals surface area contributed by atoms with E-state index in [9.17, 15) is 4.79 Å². The summed E-state index contributed by atoms with van der Waals surface area (Å²) in [5.74, 6) is 0. The maximum absolute atomic E-state index is 10.6. The second-order valence-corrected chi connectivity index (χ2v) is 3.91. The molecule has 64 valence electrons. The third-order valence-corrected chi connectivity index (χ3v) is 2.74. The summed E-state index contributed by atoms with van der Waals surface area (Å²) in [7, 11) is 0. The van der Waals surface area contributed by atoms with Gasteiger partial charge in [0.2, 0.25) is 0 Å². The highest BCUT2D eigenvalue weighted by Gasteiger charge is 2.07. The summed E-state index contributed by atoms with van der Waals surface area (Å²) in [5, 5.41) is 0.711. The monoisotopic (exact) mass is 294 g/mol. The van der Waals surface area contributed by atoms with Crippen LogP contribution in [-0.4, -0.2) is 22.5 Å². The first kappa shape index (κ1) is 9.91. The second kappa shape index (κ2) is 4.18. The summed E-state index contributed by atoms with van der Waals surface area (Å²) in [6, 6.07) is 0. The Kier molecular flexibility index (Phi) is 3.45. The normalized spacial score (nSPS) is 9.92. The molecule has 12 heavy (non-hydrogen) atoms. The summed E-state index contributed by atoms with van der Waals surface area (Å²) < 4.78 is 0.722. The van der Waals surface area contributed by atoms with Crippen molar-refractivity contribution >= 4 is 40.6 Å². The number of halogens is 1. The van der Waals surface area contributed by atoms with Crippen LogP contribution in [0.1, 0.15) is 16.1 Å². The van der Waals surface area contributed by atoms with Crippen LogP contribution >= 0.6 is 34.4 Å². The average molecular weight is 294 g/mol. The van der Waals surface area contributed by atoms with E-state index in [0.717, 1.165) is 15.7 Å². The lowest BCUT2D eigenvalue weighted by Crippen LogP contribution is -2.00. The molecule has 0 spiro atoms. The molecule has 0 aromatic carbocycles. The summed E-state index contributed by atoms with van der Waals surface area (Å²) in [4.78, 5) is 18.8. The molecule has 1 heterocycles. The number of aryl methyl sites for hydroxylation is 1. The molecular formula is C7H7IN2OS. The first-order valence-corrected chi connectivity index (χ1v) is 5.52. The Morgan fingerprint density at radius 2 is 2.17 bits per heavy atom. The lowest BCUT2D eigenvalue weighted by Gasteiger charge is -2.01. The molecule has 0 saturated carbocycles. The van der Waals surface area contributed by atoms with Gasteiger partial charge in [0.15, 0.2) is 11.4 Å².